The average molecular weight is 313 g/mol. The molecule has 22 heavy (non-hydrogen) atoms. The third-order valence-corrected chi connectivity index (χ3v) is 4.08. The molecule has 3 rings (SSSR count). The van der Waals surface area contributed by atoms with Gasteiger partial charge < -0.3 is 9.84 Å². The minimum absolute atomic E-state index is 0.0653. The highest BCUT2D eigenvalue weighted by Crippen LogP contribution is 2.29. The van der Waals surface area contributed by atoms with Crippen molar-refractivity contribution in [1.82, 2.24) is 4.98 Å². The fourth-order valence-corrected chi connectivity index (χ4v) is 2.96. The zero-order chi connectivity index (χ0) is 15.5. The lowest BCUT2D eigenvalue weighted by molar-refractivity contribution is 0.373. The summed E-state index contributed by atoms with van der Waals surface area (Å²) in [6.45, 7) is 2.05. The van der Waals surface area contributed by atoms with Crippen molar-refractivity contribution in [2.75, 3.05) is 12.5 Å². The number of hydrazone groups is 1. The van der Waals surface area contributed by atoms with Crippen LogP contribution in [0.5, 0.6) is 11.5 Å². The Morgan fingerprint density at radius 3 is 3.00 bits per heavy atom. The fraction of sp³-hybridized carbons (Fsp3) is 0.125. The first kappa shape index (κ1) is 14.3. The summed E-state index contributed by atoms with van der Waals surface area (Å²) >= 11 is 1.54. The van der Waals surface area contributed by atoms with Gasteiger partial charge in [0, 0.05) is 5.56 Å². The average Bonchev–Trinajstić information content (AvgIpc) is 2.90. The van der Waals surface area contributed by atoms with Crippen LogP contribution in [0.3, 0.4) is 0 Å². The molecule has 2 N–H and O–H groups in total. The highest BCUT2D eigenvalue weighted by Gasteiger charge is 2.05. The number of hydrogen-bond acceptors (Lipinski definition) is 6. The first-order chi connectivity index (χ1) is 10.7. The van der Waals surface area contributed by atoms with E-state index in [9.17, 15) is 5.11 Å². The van der Waals surface area contributed by atoms with Crippen LogP contribution in [-0.4, -0.2) is 23.4 Å². The molecule has 0 aliphatic rings. The van der Waals surface area contributed by atoms with Crippen LogP contribution in [-0.2, 0) is 0 Å². The number of thiazole rings is 1. The number of aryl methyl sites for hydroxylation is 1. The molecular formula is C16H15N3O2S. The fourth-order valence-electron chi connectivity index (χ4n) is 2.04. The van der Waals surface area contributed by atoms with Gasteiger partial charge in [-0.05, 0) is 36.8 Å². The molecule has 0 aliphatic carbocycles. The van der Waals surface area contributed by atoms with Crippen LogP contribution in [0, 0.1) is 6.92 Å². The number of benzene rings is 2. The van der Waals surface area contributed by atoms with Crippen molar-refractivity contribution in [1.29, 1.82) is 0 Å². The van der Waals surface area contributed by atoms with Gasteiger partial charge in [0.05, 0.1) is 23.5 Å². The molecule has 0 atom stereocenters. The maximum atomic E-state index is 9.97. The highest BCUT2D eigenvalue weighted by atomic mass is 32.1. The number of fused-ring (bicyclic) bond motifs is 1. The summed E-state index contributed by atoms with van der Waals surface area (Å²) < 4.78 is 6.17. The molecule has 112 valence electrons. The molecule has 0 unspecified atom stereocenters. The van der Waals surface area contributed by atoms with Gasteiger partial charge in [-0.15, -0.1) is 0 Å². The highest BCUT2D eigenvalue weighted by molar-refractivity contribution is 7.22. The number of ether oxygens (including phenoxy) is 1. The smallest absolute Gasteiger partial charge is 0.204 e. The third kappa shape index (κ3) is 2.87. The molecule has 0 aliphatic heterocycles. The summed E-state index contributed by atoms with van der Waals surface area (Å²) in [6.07, 6.45) is 1.54. The SMILES string of the molecule is COc1cccc(/C=N/Nc2nc3ccc(C)cc3s2)c1O. The molecule has 1 heterocycles. The van der Waals surface area contributed by atoms with E-state index < -0.39 is 0 Å². The number of aromatic nitrogens is 1. The molecular weight excluding hydrogens is 298 g/mol. The van der Waals surface area contributed by atoms with Crippen LogP contribution in [0.15, 0.2) is 41.5 Å². The van der Waals surface area contributed by atoms with E-state index in [0.717, 1.165) is 10.2 Å². The number of rotatable bonds is 4. The molecule has 3 aromatic rings. The normalized spacial score (nSPS) is 11.2. The zero-order valence-electron chi connectivity index (χ0n) is 12.2. The van der Waals surface area contributed by atoms with Crippen LogP contribution < -0.4 is 10.2 Å². The first-order valence-corrected chi connectivity index (χ1v) is 7.51. The number of nitrogens with zero attached hydrogens (tertiary/aromatic N) is 2. The minimum atomic E-state index is 0.0653. The van der Waals surface area contributed by atoms with E-state index in [0.29, 0.717) is 16.4 Å². The lowest BCUT2D eigenvalue weighted by Gasteiger charge is -2.04. The van der Waals surface area contributed by atoms with Crippen molar-refractivity contribution >= 4 is 32.9 Å². The van der Waals surface area contributed by atoms with Crippen molar-refractivity contribution in [3.05, 3.63) is 47.5 Å². The summed E-state index contributed by atoms with van der Waals surface area (Å²) in [7, 11) is 1.51. The Bertz CT molecular complexity index is 843. The minimum Gasteiger partial charge on any atom is -0.504 e. The summed E-state index contributed by atoms with van der Waals surface area (Å²) in [4.78, 5) is 4.45. The molecule has 0 amide bonds. The molecule has 5 nitrogen and oxygen atoms in total. The van der Waals surface area contributed by atoms with Gasteiger partial charge in [-0.1, -0.05) is 23.5 Å². The van der Waals surface area contributed by atoms with Crippen LogP contribution >= 0.6 is 11.3 Å². The topological polar surface area (TPSA) is 66.7 Å². The van der Waals surface area contributed by atoms with E-state index in [1.54, 1.807) is 18.2 Å². The van der Waals surface area contributed by atoms with E-state index in [4.69, 9.17) is 4.74 Å². The van der Waals surface area contributed by atoms with E-state index >= 15 is 0 Å². The summed E-state index contributed by atoms with van der Waals surface area (Å²) in [5.74, 6) is 0.481. The van der Waals surface area contributed by atoms with E-state index in [-0.39, 0.29) is 5.75 Å². The second-order valence-electron chi connectivity index (χ2n) is 4.76. The number of phenolic OH excluding ortho intramolecular Hbond substituents is 1. The molecule has 6 heteroatoms. The van der Waals surface area contributed by atoms with Gasteiger partial charge >= 0.3 is 0 Å². The third-order valence-electron chi connectivity index (χ3n) is 3.16. The number of phenols is 1. The van der Waals surface area contributed by atoms with Gasteiger partial charge in [0.25, 0.3) is 0 Å². The van der Waals surface area contributed by atoms with Gasteiger partial charge in [0.1, 0.15) is 0 Å². The summed E-state index contributed by atoms with van der Waals surface area (Å²) in [6, 6.07) is 11.4. The molecule has 0 bridgehead atoms. The van der Waals surface area contributed by atoms with Crippen molar-refractivity contribution in [2.24, 2.45) is 5.10 Å². The maximum Gasteiger partial charge on any atom is 0.204 e. The molecule has 1 aromatic heterocycles. The van der Waals surface area contributed by atoms with Crippen molar-refractivity contribution < 1.29 is 9.84 Å². The number of methoxy groups -OCH3 is 1. The summed E-state index contributed by atoms with van der Waals surface area (Å²) in [5, 5.41) is 14.8. The number of aromatic hydroxyl groups is 1. The van der Waals surface area contributed by atoms with Crippen molar-refractivity contribution in [3.8, 4) is 11.5 Å². The maximum absolute atomic E-state index is 9.97. The Kier molecular flexibility index (Phi) is 3.93. The van der Waals surface area contributed by atoms with Crippen molar-refractivity contribution in [2.45, 2.75) is 6.92 Å². The predicted molar refractivity (Wildman–Crippen MR) is 90.2 cm³/mol. The molecule has 0 radical (unpaired) electrons. The number of hydrogen-bond donors (Lipinski definition) is 2. The number of para-hydroxylation sites is 1. The Morgan fingerprint density at radius 2 is 2.18 bits per heavy atom. The van der Waals surface area contributed by atoms with Crippen LogP contribution in [0.1, 0.15) is 11.1 Å². The Morgan fingerprint density at radius 1 is 1.32 bits per heavy atom. The zero-order valence-corrected chi connectivity index (χ0v) is 13.0. The van der Waals surface area contributed by atoms with E-state index in [1.807, 2.05) is 12.1 Å². The largest absolute Gasteiger partial charge is 0.504 e. The Labute approximate surface area is 131 Å². The predicted octanol–water partition coefficient (Wildman–Crippen LogP) is 3.76. The van der Waals surface area contributed by atoms with Gasteiger partial charge in [-0.25, -0.2) is 4.98 Å². The van der Waals surface area contributed by atoms with Crippen LogP contribution in [0.25, 0.3) is 10.2 Å². The molecule has 2 aromatic carbocycles. The molecule has 0 spiro atoms. The lowest BCUT2D eigenvalue weighted by Crippen LogP contribution is -1.92. The van der Waals surface area contributed by atoms with Gasteiger partial charge in [0.2, 0.25) is 5.13 Å². The monoisotopic (exact) mass is 313 g/mol. The van der Waals surface area contributed by atoms with Crippen LogP contribution in [0.2, 0.25) is 0 Å². The number of anilines is 1. The second-order valence-corrected chi connectivity index (χ2v) is 5.79. The summed E-state index contributed by atoms with van der Waals surface area (Å²) in [5.41, 5.74) is 5.61. The Balaban J connectivity index is 1.78. The van der Waals surface area contributed by atoms with E-state index in [2.05, 4.69) is 28.5 Å². The molecule has 0 fully saturated rings. The Hall–Kier alpha value is -2.60. The second kappa shape index (κ2) is 6.03. The van der Waals surface area contributed by atoms with Gasteiger partial charge in [-0.3, -0.25) is 5.43 Å². The van der Waals surface area contributed by atoms with Crippen molar-refractivity contribution in [3.63, 3.8) is 0 Å². The standard InChI is InChI=1S/C16H15N3O2S/c1-10-6-7-12-14(8-10)22-16(18-12)19-17-9-11-4-3-5-13(21-2)15(11)20/h3-9,20H,1-2H3,(H,18,19)/b17-9+. The lowest BCUT2D eigenvalue weighted by atomic mass is 10.2. The number of nitrogens with one attached hydrogen (secondary N) is 1. The molecule has 0 saturated carbocycles. The van der Waals surface area contributed by atoms with E-state index in [1.165, 1.54) is 30.2 Å². The van der Waals surface area contributed by atoms with Gasteiger partial charge in [0.15, 0.2) is 11.5 Å². The first-order valence-electron chi connectivity index (χ1n) is 6.69. The van der Waals surface area contributed by atoms with Crippen LogP contribution in [0.4, 0.5) is 5.13 Å². The quantitative estimate of drug-likeness (QED) is 0.568. The molecule has 0 saturated heterocycles. The van der Waals surface area contributed by atoms with Gasteiger partial charge in [-0.2, -0.15) is 5.10 Å².